The van der Waals surface area contributed by atoms with E-state index in [9.17, 15) is 0 Å². The van der Waals surface area contributed by atoms with Crippen LogP contribution in [0.2, 0.25) is 5.02 Å². The second-order valence-electron chi connectivity index (χ2n) is 4.03. The molecule has 0 aliphatic heterocycles. The number of hydrogen-bond acceptors (Lipinski definition) is 1. The van der Waals surface area contributed by atoms with Gasteiger partial charge in [-0.3, -0.25) is 4.57 Å². The van der Waals surface area contributed by atoms with E-state index >= 15 is 0 Å². The maximum atomic E-state index is 5.91. The number of hydrogen-bond donors (Lipinski definition) is 0. The first-order valence-corrected chi connectivity index (χ1v) is 6.88. The molecular weight excluding hydrogens is 324 g/mol. The van der Waals surface area contributed by atoms with Crippen molar-refractivity contribution >= 4 is 27.5 Å². The van der Waals surface area contributed by atoms with Crippen molar-refractivity contribution < 1.29 is 0 Å². The fraction of sp³-hybridized carbons (Fsp3) is 0. The summed E-state index contributed by atoms with van der Waals surface area (Å²) in [5.74, 6) is 0.842. The quantitative estimate of drug-likeness (QED) is 0.662. The van der Waals surface area contributed by atoms with Crippen LogP contribution in [-0.2, 0) is 0 Å². The van der Waals surface area contributed by atoms with E-state index < -0.39 is 0 Å². The Morgan fingerprint density at radius 1 is 1.11 bits per heavy atom. The molecule has 0 unspecified atom stereocenters. The molecule has 0 N–H and O–H groups in total. The van der Waals surface area contributed by atoms with E-state index in [0.29, 0.717) is 5.02 Å². The van der Waals surface area contributed by atoms with Crippen LogP contribution in [0, 0.1) is 6.20 Å². The van der Waals surface area contributed by atoms with Crippen molar-refractivity contribution in [2.24, 2.45) is 0 Å². The zero-order valence-corrected chi connectivity index (χ0v) is 12.2. The monoisotopic (exact) mass is 331 g/mol. The van der Waals surface area contributed by atoms with Gasteiger partial charge in [0, 0.05) is 20.7 Å². The summed E-state index contributed by atoms with van der Waals surface area (Å²) in [5, 5.41) is 0.716. The lowest BCUT2D eigenvalue weighted by Crippen LogP contribution is -1.96. The Labute approximate surface area is 124 Å². The van der Waals surface area contributed by atoms with E-state index in [1.807, 2.05) is 53.1 Å². The molecular formula is C15H9BrClN2. The summed E-state index contributed by atoms with van der Waals surface area (Å²) < 4.78 is 2.95. The lowest BCUT2D eigenvalue weighted by atomic mass is 10.2. The van der Waals surface area contributed by atoms with Crippen LogP contribution in [0.4, 0.5) is 0 Å². The van der Waals surface area contributed by atoms with Gasteiger partial charge >= 0.3 is 0 Å². The first-order valence-electron chi connectivity index (χ1n) is 5.71. The third-order valence-electron chi connectivity index (χ3n) is 2.75. The normalized spacial score (nSPS) is 10.6. The van der Waals surface area contributed by atoms with Gasteiger partial charge in [-0.25, -0.2) is 4.98 Å². The standard InChI is InChI=1S/C15H9BrClN2/c16-12-2-1-3-14(10-12)19-9-8-18-15(19)11-4-6-13(17)7-5-11/h1-8,10H. The van der Waals surface area contributed by atoms with Gasteiger partial charge in [-0.15, -0.1) is 0 Å². The van der Waals surface area contributed by atoms with Crippen molar-refractivity contribution in [3.8, 4) is 17.1 Å². The molecule has 0 amide bonds. The maximum Gasteiger partial charge on any atom is 0.145 e. The Hall–Kier alpha value is -1.58. The van der Waals surface area contributed by atoms with Gasteiger partial charge in [0.05, 0.1) is 12.4 Å². The molecule has 0 saturated heterocycles. The van der Waals surface area contributed by atoms with Gasteiger partial charge in [-0.2, -0.15) is 0 Å². The van der Waals surface area contributed by atoms with Crippen LogP contribution in [-0.4, -0.2) is 9.55 Å². The first-order chi connectivity index (χ1) is 9.24. The third-order valence-corrected chi connectivity index (χ3v) is 3.50. The number of aromatic nitrogens is 2. The molecule has 0 aliphatic carbocycles. The van der Waals surface area contributed by atoms with E-state index in [1.54, 1.807) is 6.20 Å². The van der Waals surface area contributed by atoms with Crippen LogP contribution >= 0.6 is 27.5 Å². The fourth-order valence-electron chi connectivity index (χ4n) is 1.88. The largest absolute Gasteiger partial charge is 0.291 e. The second kappa shape index (κ2) is 5.19. The lowest BCUT2D eigenvalue weighted by molar-refractivity contribution is 1.06. The van der Waals surface area contributed by atoms with Crippen LogP contribution < -0.4 is 0 Å². The molecule has 4 heteroatoms. The smallest absolute Gasteiger partial charge is 0.145 e. The predicted octanol–water partition coefficient (Wildman–Crippen LogP) is 4.76. The van der Waals surface area contributed by atoms with E-state index in [2.05, 4.69) is 27.1 Å². The van der Waals surface area contributed by atoms with Crippen molar-refractivity contribution in [1.82, 2.24) is 9.55 Å². The van der Waals surface area contributed by atoms with Crippen molar-refractivity contribution in [1.29, 1.82) is 0 Å². The minimum Gasteiger partial charge on any atom is -0.291 e. The van der Waals surface area contributed by atoms with Crippen LogP contribution in [0.5, 0.6) is 0 Å². The summed E-state index contributed by atoms with van der Waals surface area (Å²) in [7, 11) is 0. The van der Waals surface area contributed by atoms with E-state index in [4.69, 9.17) is 11.6 Å². The van der Waals surface area contributed by atoms with Gasteiger partial charge in [0.25, 0.3) is 0 Å². The van der Waals surface area contributed by atoms with Crippen molar-refractivity contribution in [2.75, 3.05) is 0 Å². The Kier molecular flexibility index (Phi) is 3.40. The summed E-state index contributed by atoms with van der Waals surface area (Å²) >= 11 is 9.38. The highest BCUT2D eigenvalue weighted by Crippen LogP contribution is 2.24. The Bertz CT molecular complexity index is 704. The summed E-state index contributed by atoms with van der Waals surface area (Å²) in [6.07, 6.45) is 4.79. The third kappa shape index (κ3) is 2.57. The molecule has 1 aromatic heterocycles. The highest BCUT2D eigenvalue weighted by Gasteiger charge is 2.08. The van der Waals surface area contributed by atoms with Crippen LogP contribution in [0.3, 0.4) is 0 Å². The molecule has 0 bridgehead atoms. The summed E-state index contributed by atoms with van der Waals surface area (Å²) in [6, 6.07) is 15.6. The van der Waals surface area contributed by atoms with Gasteiger partial charge in [0.1, 0.15) is 5.82 Å². The number of benzene rings is 2. The average molecular weight is 333 g/mol. The number of rotatable bonds is 2. The van der Waals surface area contributed by atoms with Crippen molar-refractivity contribution in [3.63, 3.8) is 0 Å². The number of imidazole rings is 1. The highest BCUT2D eigenvalue weighted by molar-refractivity contribution is 9.10. The van der Waals surface area contributed by atoms with Gasteiger partial charge in [-0.1, -0.05) is 33.6 Å². The molecule has 1 radical (unpaired) electrons. The predicted molar refractivity (Wildman–Crippen MR) is 80.5 cm³/mol. The SMILES string of the molecule is Clc1ccc(-c2nc[c]n2-c2cccc(Br)c2)cc1. The minimum atomic E-state index is 0.716. The summed E-state index contributed by atoms with van der Waals surface area (Å²) in [6.45, 7) is 0. The average Bonchev–Trinajstić information content (AvgIpc) is 2.89. The maximum absolute atomic E-state index is 5.91. The second-order valence-corrected chi connectivity index (χ2v) is 5.39. The topological polar surface area (TPSA) is 17.8 Å². The van der Waals surface area contributed by atoms with Crippen molar-refractivity contribution in [3.05, 3.63) is 70.4 Å². The first kappa shape index (κ1) is 12.5. The molecule has 0 fully saturated rings. The van der Waals surface area contributed by atoms with E-state index in [-0.39, 0.29) is 0 Å². The molecule has 3 aromatic rings. The van der Waals surface area contributed by atoms with Gasteiger partial charge in [-0.05, 0) is 42.5 Å². The fourth-order valence-corrected chi connectivity index (χ4v) is 2.39. The number of halogens is 2. The Morgan fingerprint density at radius 3 is 2.63 bits per heavy atom. The van der Waals surface area contributed by atoms with Crippen LogP contribution in [0.15, 0.2) is 59.2 Å². The van der Waals surface area contributed by atoms with Crippen molar-refractivity contribution in [2.45, 2.75) is 0 Å². The van der Waals surface area contributed by atoms with E-state index in [1.165, 1.54) is 0 Å². The minimum absolute atomic E-state index is 0.716. The van der Waals surface area contributed by atoms with Gasteiger partial charge in [0.2, 0.25) is 0 Å². The Balaban J connectivity index is 2.10. The molecule has 93 valence electrons. The molecule has 0 saturated carbocycles. The van der Waals surface area contributed by atoms with Gasteiger partial charge < -0.3 is 0 Å². The molecule has 3 rings (SSSR count). The zero-order valence-electron chi connectivity index (χ0n) is 9.85. The molecule has 1 heterocycles. The van der Waals surface area contributed by atoms with E-state index in [0.717, 1.165) is 21.5 Å². The molecule has 0 atom stereocenters. The van der Waals surface area contributed by atoms with Crippen LogP contribution in [0.25, 0.3) is 17.1 Å². The Morgan fingerprint density at radius 2 is 1.89 bits per heavy atom. The molecule has 0 spiro atoms. The molecule has 2 nitrogen and oxygen atoms in total. The molecule has 0 aliphatic rings. The zero-order chi connectivity index (χ0) is 13.2. The summed E-state index contributed by atoms with van der Waals surface area (Å²) in [4.78, 5) is 4.37. The molecule has 19 heavy (non-hydrogen) atoms. The highest BCUT2D eigenvalue weighted by atomic mass is 79.9. The van der Waals surface area contributed by atoms with Crippen LogP contribution in [0.1, 0.15) is 0 Å². The van der Waals surface area contributed by atoms with Gasteiger partial charge in [0.15, 0.2) is 0 Å². The lowest BCUT2D eigenvalue weighted by Gasteiger charge is -2.08. The number of nitrogens with zero attached hydrogens (tertiary/aromatic N) is 2. The summed E-state index contributed by atoms with van der Waals surface area (Å²) in [5.41, 5.74) is 2.02. The molecule has 2 aromatic carbocycles.